The first-order chi connectivity index (χ1) is 15.3. The third-order valence-corrected chi connectivity index (χ3v) is 7.59. The standard InChI is InChI=1S/C24H30N2O5S/c1-18-3-6-21(17-19(18)2)23(27)9-10-24(28)25-12-11-20-4-7-22(8-5-20)32(29,30)26-13-15-31-16-14-26/h3-8,17H,9-16H2,1-2H3,(H,25,28). The van der Waals surface area contributed by atoms with Crippen LogP contribution in [0.1, 0.15) is 39.9 Å². The van der Waals surface area contributed by atoms with Crippen LogP contribution in [0.4, 0.5) is 0 Å². The number of benzene rings is 2. The molecule has 0 aliphatic carbocycles. The van der Waals surface area contributed by atoms with Gasteiger partial charge in [-0.05, 0) is 55.2 Å². The lowest BCUT2D eigenvalue weighted by Crippen LogP contribution is -2.40. The topological polar surface area (TPSA) is 92.8 Å². The lowest BCUT2D eigenvalue weighted by atomic mass is 10.0. The van der Waals surface area contributed by atoms with E-state index >= 15 is 0 Å². The number of hydrogen-bond donors (Lipinski definition) is 1. The number of nitrogens with one attached hydrogen (secondary N) is 1. The monoisotopic (exact) mass is 458 g/mol. The Hall–Kier alpha value is -2.55. The molecule has 1 N–H and O–H groups in total. The largest absolute Gasteiger partial charge is 0.379 e. The highest BCUT2D eigenvalue weighted by molar-refractivity contribution is 7.89. The van der Waals surface area contributed by atoms with Gasteiger partial charge in [-0.2, -0.15) is 4.31 Å². The zero-order valence-corrected chi connectivity index (χ0v) is 19.4. The molecule has 2 aromatic rings. The first-order valence-corrected chi connectivity index (χ1v) is 12.3. The number of carbonyl (C=O) groups excluding carboxylic acids is 2. The fourth-order valence-electron chi connectivity index (χ4n) is 3.49. The van der Waals surface area contributed by atoms with E-state index in [1.807, 2.05) is 26.0 Å². The van der Waals surface area contributed by atoms with Crippen LogP contribution in [0, 0.1) is 13.8 Å². The molecule has 0 unspecified atom stereocenters. The molecule has 1 amide bonds. The van der Waals surface area contributed by atoms with Gasteiger partial charge in [-0.3, -0.25) is 9.59 Å². The van der Waals surface area contributed by atoms with E-state index in [1.54, 1.807) is 30.3 Å². The zero-order chi connectivity index (χ0) is 23.1. The van der Waals surface area contributed by atoms with Crippen molar-refractivity contribution < 1.29 is 22.7 Å². The van der Waals surface area contributed by atoms with E-state index in [1.165, 1.54) is 4.31 Å². The maximum absolute atomic E-state index is 12.7. The number of hydrogen-bond acceptors (Lipinski definition) is 5. The number of ether oxygens (including phenoxy) is 1. The molecule has 3 rings (SSSR count). The number of sulfonamides is 1. The molecular weight excluding hydrogens is 428 g/mol. The summed E-state index contributed by atoms with van der Waals surface area (Å²) in [5, 5.41) is 2.82. The van der Waals surface area contributed by atoms with Gasteiger partial charge < -0.3 is 10.1 Å². The van der Waals surface area contributed by atoms with Gasteiger partial charge >= 0.3 is 0 Å². The van der Waals surface area contributed by atoms with Crippen molar-refractivity contribution in [3.8, 4) is 0 Å². The number of nitrogens with zero attached hydrogens (tertiary/aromatic N) is 1. The Morgan fingerprint density at radius 2 is 1.66 bits per heavy atom. The van der Waals surface area contributed by atoms with Gasteiger partial charge in [0.15, 0.2) is 5.78 Å². The van der Waals surface area contributed by atoms with Crippen molar-refractivity contribution in [2.45, 2.75) is 38.0 Å². The highest BCUT2D eigenvalue weighted by atomic mass is 32.2. The van der Waals surface area contributed by atoms with Crippen LogP contribution in [0.25, 0.3) is 0 Å². The van der Waals surface area contributed by atoms with Crippen LogP contribution >= 0.6 is 0 Å². The predicted octanol–water partition coefficient (Wildman–Crippen LogP) is 2.65. The quantitative estimate of drug-likeness (QED) is 0.583. The third kappa shape index (κ3) is 6.25. The predicted molar refractivity (Wildman–Crippen MR) is 122 cm³/mol. The molecule has 7 nitrogen and oxygen atoms in total. The Labute approximate surface area is 189 Å². The van der Waals surface area contributed by atoms with Crippen LogP contribution < -0.4 is 5.32 Å². The average molecular weight is 459 g/mol. The van der Waals surface area contributed by atoms with E-state index in [-0.39, 0.29) is 29.4 Å². The summed E-state index contributed by atoms with van der Waals surface area (Å²) in [6, 6.07) is 12.3. The Kier molecular flexibility index (Phi) is 8.17. The van der Waals surface area contributed by atoms with Gasteiger partial charge in [0.05, 0.1) is 18.1 Å². The number of Topliss-reactive ketones (excluding diaryl/α,β-unsaturated/α-hetero) is 1. The number of morpholine rings is 1. The molecule has 32 heavy (non-hydrogen) atoms. The molecule has 1 aliphatic rings. The highest BCUT2D eigenvalue weighted by Crippen LogP contribution is 2.18. The molecule has 0 spiro atoms. The van der Waals surface area contributed by atoms with Crippen LogP contribution in [-0.4, -0.2) is 57.3 Å². The van der Waals surface area contributed by atoms with Crippen molar-refractivity contribution in [1.29, 1.82) is 0 Å². The van der Waals surface area contributed by atoms with E-state index in [9.17, 15) is 18.0 Å². The maximum atomic E-state index is 12.7. The van der Waals surface area contributed by atoms with E-state index in [2.05, 4.69) is 5.32 Å². The van der Waals surface area contributed by atoms with Crippen LogP contribution in [0.2, 0.25) is 0 Å². The van der Waals surface area contributed by atoms with E-state index in [0.29, 0.717) is 44.8 Å². The van der Waals surface area contributed by atoms with Crippen LogP contribution in [0.3, 0.4) is 0 Å². The second kappa shape index (κ2) is 10.8. The number of aryl methyl sites for hydroxylation is 2. The summed E-state index contributed by atoms with van der Waals surface area (Å²) >= 11 is 0. The minimum Gasteiger partial charge on any atom is -0.379 e. The van der Waals surface area contributed by atoms with Crippen molar-refractivity contribution in [3.05, 3.63) is 64.7 Å². The fourth-order valence-corrected chi connectivity index (χ4v) is 4.89. The molecule has 1 heterocycles. The minimum absolute atomic E-state index is 0.0414. The number of amides is 1. The van der Waals surface area contributed by atoms with E-state index in [4.69, 9.17) is 4.74 Å². The molecule has 1 saturated heterocycles. The van der Waals surface area contributed by atoms with Gasteiger partial charge in [0.1, 0.15) is 0 Å². The molecule has 0 radical (unpaired) electrons. The van der Waals surface area contributed by atoms with Crippen molar-refractivity contribution in [3.63, 3.8) is 0 Å². The van der Waals surface area contributed by atoms with Crippen molar-refractivity contribution in [1.82, 2.24) is 9.62 Å². The Morgan fingerprint density at radius 3 is 2.31 bits per heavy atom. The lowest BCUT2D eigenvalue weighted by Gasteiger charge is -2.26. The van der Waals surface area contributed by atoms with Gasteiger partial charge in [-0.25, -0.2) is 8.42 Å². The number of ketones is 1. The van der Waals surface area contributed by atoms with Gasteiger partial charge in [0.2, 0.25) is 15.9 Å². The fraction of sp³-hybridized carbons (Fsp3) is 0.417. The third-order valence-electron chi connectivity index (χ3n) is 5.68. The minimum atomic E-state index is -3.50. The van der Waals surface area contributed by atoms with Gasteiger partial charge in [0, 0.05) is 38.0 Å². The molecule has 172 valence electrons. The smallest absolute Gasteiger partial charge is 0.243 e. The summed E-state index contributed by atoms with van der Waals surface area (Å²) in [6.07, 6.45) is 0.889. The second-order valence-electron chi connectivity index (χ2n) is 7.98. The molecule has 0 saturated carbocycles. The average Bonchev–Trinajstić information content (AvgIpc) is 2.80. The summed E-state index contributed by atoms with van der Waals surface area (Å²) < 4.78 is 32.0. The first-order valence-electron chi connectivity index (χ1n) is 10.8. The maximum Gasteiger partial charge on any atom is 0.243 e. The summed E-state index contributed by atoms with van der Waals surface area (Å²) in [6.45, 7) is 5.92. The highest BCUT2D eigenvalue weighted by Gasteiger charge is 2.26. The van der Waals surface area contributed by atoms with Gasteiger partial charge in [0.25, 0.3) is 0 Å². The molecule has 0 bridgehead atoms. The first kappa shape index (κ1) is 24.1. The molecule has 2 aromatic carbocycles. The molecule has 1 fully saturated rings. The van der Waals surface area contributed by atoms with Gasteiger partial charge in [-0.15, -0.1) is 0 Å². The molecule has 1 aliphatic heterocycles. The summed E-state index contributed by atoms with van der Waals surface area (Å²) in [5.74, 6) is -0.214. The summed E-state index contributed by atoms with van der Waals surface area (Å²) in [7, 11) is -3.50. The van der Waals surface area contributed by atoms with E-state index < -0.39 is 10.0 Å². The second-order valence-corrected chi connectivity index (χ2v) is 9.92. The zero-order valence-electron chi connectivity index (χ0n) is 18.6. The Morgan fingerprint density at radius 1 is 0.969 bits per heavy atom. The molecule has 0 aromatic heterocycles. The Balaban J connectivity index is 1.43. The van der Waals surface area contributed by atoms with Crippen molar-refractivity contribution >= 4 is 21.7 Å². The Bertz CT molecular complexity index is 1060. The lowest BCUT2D eigenvalue weighted by molar-refractivity contribution is -0.121. The van der Waals surface area contributed by atoms with Crippen LogP contribution in [-0.2, 0) is 26.0 Å². The summed E-state index contributed by atoms with van der Waals surface area (Å²) in [5.41, 5.74) is 3.75. The van der Waals surface area contributed by atoms with Gasteiger partial charge in [-0.1, -0.05) is 24.3 Å². The van der Waals surface area contributed by atoms with Crippen molar-refractivity contribution in [2.75, 3.05) is 32.8 Å². The van der Waals surface area contributed by atoms with Crippen LogP contribution in [0.15, 0.2) is 47.4 Å². The molecule has 0 atom stereocenters. The van der Waals surface area contributed by atoms with E-state index in [0.717, 1.165) is 16.7 Å². The molecular formula is C24H30N2O5S. The number of carbonyl (C=O) groups is 2. The molecule has 8 heteroatoms. The van der Waals surface area contributed by atoms with Crippen LogP contribution in [0.5, 0.6) is 0 Å². The normalized spacial score (nSPS) is 14.8. The number of rotatable bonds is 9. The SMILES string of the molecule is Cc1ccc(C(=O)CCC(=O)NCCc2ccc(S(=O)(=O)N3CCOCC3)cc2)cc1C. The summed E-state index contributed by atoms with van der Waals surface area (Å²) in [4.78, 5) is 24.6. The van der Waals surface area contributed by atoms with Crippen molar-refractivity contribution in [2.24, 2.45) is 0 Å².